The minimum Gasteiger partial charge on any atom is -0.467 e. The molecule has 4 rings (SSSR count). The fourth-order valence-corrected chi connectivity index (χ4v) is 3.53. The summed E-state index contributed by atoms with van der Waals surface area (Å²) >= 11 is 0. The molecule has 0 unspecified atom stereocenters. The molecular formula is C20H20N2O4. The van der Waals surface area contributed by atoms with E-state index in [1.165, 1.54) is 6.26 Å². The van der Waals surface area contributed by atoms with Gasteiger partial charge in [-0.25, -0.2) is 0 Å². The summed E-state index contributed by atoms with van der Waals surface area (Å²) in [7, 11) is 0. The number of aromatic amines is 1. The maximum Gasteiger partial charge on any atom is 0.261 e. The molecule has 3 aromatic heterocycles. The van der Waals surface area contributed by atoms with Crippen LogP contribution in [0.2, 0.25) is 0 Å². The van der Waals surface area contributed by atoms with E-state index >= 15 is 0 Å². The van der Waals surface area contributed by atoms with E-state index in [2.05, 4.69) is 4.98 Å². The molecule has 0 radical (unpaired) electrons. The second kappa shape index (κ2) is 7.07. The predicted octanol–water partition coefficient (Wildman–Crippen LogP) is 3.81. The van der Waals surface area contributed by atoms with E-state index in [1.807, 2.05) is 6.07 Å². The topological polar surface area (TPSA) is 79.5 Å². The lowest BCUT2D eigenvalue weighted by molar-refractivity contribution is 0.0647. The Morgan fingerprint density at radius 1 is 1.08 bits per heavy atom. The van der Waals surface area contributed by atoms with Gasteiger partial charge in [0.05, 0.1) is 24.8 Å². The van der Waals surface area contributed by atoms with Gasteiger partial charge in [0, 0.05) is 6.04 Å². The third kappa shape index (κ3) is 3.22. The van der Waals surface area contributed by atoms with Crippen molar-refractivity contribution in [3.63, 3.8) is 0 Å². The first-order valence-corrected chi connectivity index (χ1v) is 8.83. The lowest BCUT2D eigenvalue weighted by Gasteiger charge is -2.28. The number of hydrogen-bond acceptors (Lipinski definition) is 4. The van der Waals surface area contributed by atoms with Crippen molar-refractivity contribution in [1.82, 2.24) is 9.88 Å². The molecule has 26 heavy (non-hydrogen) atoms. The Morgan fingerprint density at radius 3 is 2.50 bits per heavy atom. The van der Waals surface area contributed by atoms with Crippen molar-refractivity contribution in [1.29, 1.82) is 0 Å². The Labute approximate surface area is 150 Å². The molecule has 3 heterocycles. The van der Waals surface area contributed by atoms with Crippen LogP contribution >= 0.6 is 0 Å². The van der Waals surface area contributed by atoms with Crippen molar-refractivity contribution in [2.75, 3.05) is 0 Å². The predicted molar refractivity (Wildman–Crippen MR) is 95.6 cm³/mol. The van der Waals surface area contributed by atoms with E-state index in [9.17, 15) is 9.59 Å². The Kier molecular flexibility index (Phi) is 4.48. The molecule has 1 amide bonds. The summed E-state index contributed by atoms with van der Waals surface area (Å²) in [6, 6.07) is 10.6. The molecule has 134 valence electrons. The van der Waals surface area contributed by atoms with Crippen LogP contribution in [0.15, 0.2) is 62.6 Å². The van der Waals surface area contributed by atoms with Crippen LogP contribution in [-0.2, 0) is 6.54 Å². The second-order valence-electron chi connectivity index (χ2n) is 6.54. The first-order chi connectivity index (χ1) is 12.7. The highest BCUT2D eigenvalue weighted by molar-refractivity contribution is 5.94. The van der Waals surface area contributed by atoms with Crippen LogP contribution in [0, 0.1) is 0 Å². The first-order valence-electron chi connectivity index (χ1n) is 8.83. The van der Waals surface area contributed by atoms with Gasteiger partial charge in [-0.1, -0.05) is 12.8 Å². The van der Waals surface area contributed by atoms with Gasteiger partial charge in [-0.05, 0) is 49.2 Å². The molecule has 0 atom stereocenters. The van der Waals surface area contributed by atoms with Crippen LogP contribution in [0.25, 0.3) is 11.5 Å². The van der Waals surface area contributed by atoms with Crippen molar-refractivity contribution in [3.8, 4) is 11.5 Å². The fraction of sp³-hybridized carbons (Fsp3) is 0.300. The van der Waals surface area contributed by atoms with Crippen LogP contribution < -0.4 is 5.56 Å². The van der Waals surface area contributed by atoms with Gasteiger partial charge in [-0.2, -0.15) is 0 Å². The number of nitrogens with one attached hydrogen (secondary N) is 1. The Balaban J connectivity index is 1.63. The largest absolute Gasteiger partial charge is 0.467 e. The summed E-state index contributed by atoms with van der Waals surface area (Å²) in [6.45, 7) is 0.371. The van der Waals surface area contributed by atoms with Gasteiger partial charge in [0.2, 0.25) is 0 Å². The van der Waals surface area contributed by atoms with Crippen LogP contribution in [0.1, 0.15) is 41.8 Å². The zero-order valence-corrected chi connectivity index (χ0v) is 14.3. The normalized spacial score (nSPS) is 14.6. The van der Waals surface area contributed by atoms with Crippen LogP contribution in [0.3, 0.4) is 0 Å². The van der Waals surface area contributed by atoms with Gasteiger partial charge in [0.25, 0.3) is 11.5 Å². The third-order valence-electron chi connectivity index (χ3n) is 4.86. The highest BCUT2D eigenvalue weighted by Gasteiger charge is 2.29. The van der Waals surface area contributed by atoms with E-state index in [-0.39, 0.29) is 17.5 Å². The van der Waals surface area contributed by atoms with Gasteiger partial charge in [0.1, 0.15) is 17.1 Å². The molecule has 1 saturated carbocycles. The highest BCUT2D eigenvalue weighted by atomic mass is 16.3. The maximum atomic E-state index is 13.1. The quantitative estimate of drug-likeness (QED) is 0.757. The molecule has 0 spiro atoms. The molecular weight excluding hydrogens is 332 g/mol. The number of hydrogen-bond donors (Lipinski definition) is 1. The molecule has 3 aromatic rings. The van der Waals surface area contributed by atoms with E-state index < -0.39 is 5.56 Å². The third-order valence-corrected chi connectivity index (χ3v) is 4.86. The number of carbonyl (C=O) groups is 1. The molecule has 0 aromatic carbocycles. The molecule has 6 nitrogen and oxygen atoms in total. The van der Waals surface area contributed by atoms with Crippen molar-refractivity contribution in [3.05, 3.63) is 70.6 Å². The molecule has 0 saturated heterocycles. The Bertz CT molecular complexity index is 919. The standard InChI is InChI=1S/C20H20N2O4/c23-19-16(9-10-17(21-19)18-8-4-12-26-18)20(24)22(14-5-1-2-6-14)13-15-7-3-11-25-15/h3-4,7-12,14H,1-2,5-6,13H2,(H,21,23). The SMILES string of the molecule is O=C(c1ccc(-c2ccco2)[nH]c1=O)N(Cc1ccco1)C1CCCC1. The molecule has 1 aliphatic rings. The van der Waals surface area contributed by atoms with E-state index in [0.717, 1.165) is 25.7 Å². The minimum absolute atomic E-state index is 0.136. The summed E-state index contributed by atoms with van der Waals surface area (Å²) in [4.78, 5) is 30.2. The minimum atomic E-state index is -0.411. The summed E-state index contributed by atoms with van der Waals surface area (Å²) in [5.74, 6) is 1.01. The van der Waals surface area contributed by atoms with Crippen molar-refractivity contribution >= 4 is 5.91 Å². The summed E-state index contributed by atoms with van der Waals surface area (Å²) in [5, 5.41) is 0. The number of carbonyl (C=O) groups excluding carboxylic acids is 1. The summed E-state index contributed by atoms with van der Waals surface area (Å²) in [6.07, 6.45) is 7.24. The van der Waals surface area contributed by atoms with Crippen LogP contribution in [0.4, 0.5) is 0 Å². The van der Waals surface area contributed by atoms with Gasteiger partial charge >= 0.3 is 0 Å². The number of nitrogens with zero attached hydrogens (tertiary/aromatic N) is 1. The van der Waals surface area contributed by atoms with E-state index in [1.54, 1.807) is 41.5 Å². The number of H-pyrrole nitrogens is 1. The Morgan fingerprint density at radius 2 is 1.85 bits per heavy atom. The molecule has 1 fully saturated rings. The van der Waals surface area contributed by atoms with Crippen molar-refractivity contribution < 1.29 is 13.6 Å². The number of furan rings is 2. The summed E-state index contributed by atoms with van der Waals surface area (Å²) < 4.78 is 10.7. The summed E-state index contributed by atoms with van der Waals surface area (Å²) in [5.41, 5.74) is 0.278. The van der Waals surface area contributed by atoms with E-state index in [4.69, 9.17) is 8.83 Å². The molecule has 1 aliphatic carbocycles. The first kappa shape index (κ1) is 16.4. The molecule has 1 N–H and O–H groups in total. The molecule has 0 aliphatic heterocycles. The van der Waals surface area contributed by atoms with Crippen molar-refractivity contribution in [2.24, 2.45) is 0 Å². The molecule has 0 bridgehead atoms. The fourth-order valence-electron chi connectivity index (χ4n) is 3.53. The smallest absolute Gasteiger partial charge is 0.261 e. The average molecular weight is 352 g/mol. The van der Waals surface area contributed by atoms with Gasteiger partial charge in [0.15, 0.2) is 0 Å². The lowest BCUT2D eigenvalue weighted by atomic mass is 10.1. The zero-order chi connectivity index (χ0) is 17.9. The number of rotatable bonds is 5. The Hall–Kier alpha value is -3.02. The highest BCUT2D eigenvalue weighted by Crippen LogP contribution is 2.26. The van der Waals surface area contributed by atoms with Crippen LogP contribution in [0.5, 0.6) is 0 Å². The average Bonchev–Trinajstić information content (AvgIpc) is 3.42. The number of amides is 1. The van der Waals surface area contributed by atoms with Crippen molar-refractivity contribution in [2.45, 2.75) is 38.3 Å². The van der Waals surface area contributed by atoms with Gasteiger partial charge < -0.3 is 18.7 Å². The van der Waals surface area contributed by atoms with Gasteiger partial charge in [-0.15, -0.1) is 0 Å². The number of aromatic nitrogens is 1. The zero-order valence-electron chi connectivity index (χ0n) is 14.3. The van der Waals surface area contributed by atoms with Gasteiger partial charge in [-0.3, -0.25) is 9.59 Å². The van der Waals surface area contributed by atoms with Crippen LogP contribution in [-0.4, -0.2) is 21.8 Å². The van der Waals surface area contributed by atoms with E-state index in [0.29, 0.717) is 23.8 Å². The maximum absolute atomic E-state index is 13.1. The lowest BCUT2D eigenvalue weighted by Crippen LogP contribution is -2.40. The monoisotopic (exact) mass is 352 g/mol. The molecule has 6 heteroatoms. The number of pyridine rings is 1. The second-order valence-corrected chi connectivity index (χ2v) is 6.54.